The molecule has 100 valence electrons. The van der Waals surface area contributed by atoms with Crippen molar-refractivity contribution in [2.75, 3.05) is 13.1 Å². The summed E-state index contributed by atoms with van der Waals surface area (Å²) in [5.74, 6) is -0.00296. The van der Waals surface area contributed by atoms with Gasteiger partial charge in [-0.05, 0) is 37.6 Å². The van der Waals surface area contributed by atoms with E-state index in [1.807, 2.05) is 18.2 Å². The Bertz CT molecular complexity index is 570. The zero-order valence-electron chi connectivity index (χ0n) is 10.8. The number of hydrogen-bond acceptors (Lipinski definition) is 3. The van der Waals surface area contributed by atoms with Crippen LogP contribution in [0.1, 0.15) is 29.6 Å². The molecule has 0 saturated carbocycles. The second-order valence-corrected chi connectivity index (χ2v) is 5.04. The fourth-order valence-electron chi connectivity index (χ4n) is 2.49. The first-order valence-electron chi connectivity index (χ1n) is 6.77. The van der Waals surface area contributed by atoms with Gasteiger partial charge in [-0.15, -0.1) is 0 Å². The average Bonchev–Trinajstić information content (AvgIpc) is 2.75. The molecule has 5 heteroatoms. The van der Waals surface area contributed by atoms with E-state index in [9.17, 15) is 4.79 Å². The van der Waals surface area contributed by atoms with Gasteiger partial charge >= 0.3 is 0 Å². The van der Waals surface area contributed by atoms with E-state index < -0.39 is 0 Å². The molecule has 2 aromatic rings. The highest BCUT2D eigenvalue weighted by molar-refractivity contribution is 5.98. The van der Waals surface area contributed by atoms with Gasteiger partial charge in [-0.2, -0.15) is 5.10 Å². The molecule has 19 heavy (non-hydrogen) atoms. The van der Waals surface area contributed by atoms with Crippen LogP contribution in [-0.2, 0) is 0 Å². The highest BCUT2D eigenvalue weighted by Crippen LogP contribution is 2.13. The Labute approximate surface area is 111 Å². The van der Waals surface area contributed by atoms with Crippen molar-refractivity contribution in [3.05, 3.63) is 30.0 Å². The zero-order valence-corrected chi connectivity index (χ0v) is 10.8. The number of H-pyrrole nitrogens is 1. The van der Waals surface area contributed by atoms with Crippen molar-refractivity contribution in [2.24, 2.45) is 0 Å². The minimum atomic E-state index is -0.00296. The van der Waals surface area contributed by atoms with Gasteiger partial charge in [0, 0.05) is 23.5 Å². The molecule has 1 amide bonds. The first-order chi connectivity index (χ1) is 9.33. The SMILES string of the molecule is O=C(NC1CCCCNC1)c1ccc2[nH]ncc2c1. The smallest absolute Gasteiger partial charge is 0.251 e. The van der Waals surface area contributed by atoms with Crippen LogP contribution in [0.4, 0.5) is 0 Å². The van der Waals surface area contributed by atoms with Crippen LogP contribution in [-0.4, -0.2) is 35.2 Å². The summed E-state index contributed by atoms with van der Waals surface area (Å²) in [5.41, 5.74) is 1.64. The standard InChI is InChI=1S/C14H18N4O/c19-14(17-12-3-1-2-6-15-9-12)10-4-5-13-11(7-10)8-16-18-13/h4-5,7-8,12,15H,1-3,6,9H2,(H,16,18)(H,17,19). The zero-order chi connectivity index (χ0) is 13.1. The minimum Gasteiger partial charge on any atom is -0.348 e. The number of rotatable bonds is 2. The fourth-order valence-corrected chi connectivity index (χ4v) is 2.49. The van der Waals surface area contributed by atoms with Gasteiger partial charge in [0.15, 0.2) is 0 Å². The molecule has 3 N–H and O–H groups in total. The largest absolute Gasteiger partial charge is 0.348 e. The molecule has 1 unspecified atom stereocenters. The predicted octanol–water partition coefficient (Wildman–Crippen LogP) is 1.43. The second kappa shape index (κ2) is 5.40. The van der Waals surface area contributed by atoms with E-state index in [4.69, 9.17) is 0 Å². The maximum atomic E-state index is 12.2. The highest BCUT2D eigenvalue weighted by atomic mass is 16.1. The van der Waals surface area contributed by atoms with Gasteiger partial charge in [-0.25, -0.2) is 0 Å². The molecule has 2 heterocycles. The van der Waals surface area contributed by atoms with Gasteiger partial charge in [-0.3, -0.25) is 9.89 Å². The number of nitrogens with zero attached hydrogens (tertiary/aromatic N) is 1. The van der Waals surface area contributed by atoms with Crippen molar-refractivity contribution in [3.63, 3.8) is 0 Å². The summed E-state index contributed by atoms with van der Waals surface area (Å²) in [6.45, 7) is 1.91. The van der Waals surface area contributed by atoms with Crippen molar-refractivity contribution >= 4 is 16.8 Å². The third-order valence-corrected chi connectivity index (χ3v) is 3.58. The summed E-state index contributed by atoms with van der Waals surface area (Å²) in [7, 11) is 0. The third-order valence-electron chi connectivity index (χ3n) is 3.58. The summed E-state index contributed by atoms with van der Waals surface area (Å²) < 4.78 is 0. The van der Waals surface area contributed by atoms with Crippen LogP contribution < -0.4 is 10.6 Å². The second-order valence-electron chi connectivity index (χ2n) is 5.04. The Morgan fingerprint density at radius 3 is 3.26 bits per heavy atom. The maximum Gasteiger partial charge on any atom is 0.251 e. The molecule has 5 nitrogen and oxygen atoms in total. The van der Waals surface area contributed by atoms with E-state index in [0.29, 0.717) is 5.56 Å². The van der Waals surface area contributed by atoms with Crippen LogP contribution in [0, 0.1) is 0 Å². The lowest BCUT2D eigenvalue weighted by molar-refractivity contribution is 0.0935. The molecule has 1 aliphatic heterocycles. The number of carbonyl (C=O) groups is 1. The van der Waals surface area contributed by atoms with E-state index in [2.05, 4.69) is 20.8 Å². The molecule has 3 rings (SSSR count). The van der Waals surface area contributed by atoms with Crippen LogP contribution >= 0.6 is 0 Å². The Kier molecular flexibility index (Phi) is 3.46. The fraction of sp³-hybridized carbons (Fsp3) is 0.429. The molecule has 0 aliphatic carbocycles. The molecule has 0 bridgehead atoms. The van der Waals surface area contributed by atoms with E-state index in [-0.39, 0.29) is 11.9 Å². The summed E-state index contributed by atoms with van der Waals surface area (Å²) in [6.07, 6.45) is 5.14. The van der Waals surface area contributed by atoms with E-state index >= 15 is 0 Å². The van der Waals surface area contributed by atoms with Crippen molar-refractivity contribution in [1.29, 1.82) is 0 Å². The Hall–Kier alpha value is -1.88. The first kappa shape index (κ1) is 12.2. The Morgan fingerprint density at radius 1 is 1.37 bits per heavy atom. The number of aromatic amines is 1. The lowest BCUT2D eigenvalue weighted by atomic mass is 10.1. The Balaban J connectivity index is 1.71. The van der Waals surface area contributed by atoms with Gasteiger partial charge in [-0.1, -0.05) is 6.42 Å². The molecule has 1 atom stereocenters. The number of amides is 1. The lowest BCUT2D eigenvalue weighted by Crippen LogP contribution is -2.40. The number of aromatic nitrogens is 2. The molecular formula is C14H18N4O. The summed E-state index contributed by atoms with van der Waals surface area (Å²) in [5, 5.41) is 14.3. The van der Waals surface area contributed by atoms with Crippen LogP contribution in [0.3, 0.4) is 0 Å². The van der Waals surface area contributed by atoms with Gasteiger partial charge in [0.2, 0.25) is 0 Å². The molecular weight excluding hydrogens is 240 g/mol. The van der Waals surface area contributed by atoms with Crippen LogP contribution in [0.25, 0.3) is 10.9 Å². The van der Waals surface area contributed by atoms with Gasteiger partial charge < -0.3 is 10.6 Å². The number of hydrogen-bond donors (Lipinski definition) is 3. The van der Waals surface area contributed by atoms with E-state index in [0.717, 1.165) is 30.4 Å². The topological polar surface area (TPSA) is 69.8 Å². The van der Waals surface area contributed by atoms with Crippen molar-refractivity contribution in [2.45, 2.75) is 25.3 Å². The Morgan fingerprint density at radius 2 is 2.32 bits per heavy atom. The van der Waals surface area contributed by atoms with Crippen molar-refractivity contribution in [1.82, 2.24) is 20.8 Å². The minimum absolute atomic E-state index is 0.00296. The first-order valence-corrected chi connectivity index (χ1v) is 6.77. The molecule has 1 fully saturated rings. The molecule has 1 aromatic carbocycles. The molecule has 0 spiro atoms. The summed E-state index contributed by atoms with van der Waals surface area (Å²) in [4.78, 5) is 12.2. The van der Waals surface area contributed by atoms with Crippen LogP contribution in [0.5, 0.6) is 0 Å². The monoisotopic (exact) mass is 258 g/mol. The molecule has 0 radical (unpaired) electrons. The van der Waals surface area contributed by atoms with Gasteiger partial charge in [0.25, 0.3) is 5.91 Å². The number of carbonyl (C=O) groups excluding carboxylic acids is 1. The number of nitrogens with one attached hydrogen (secondary N) is 3. The maximum absolute atomic E-state index is 12.2. The van der Waals surface area contributed by atoms with E-state index in [1.54, 1.807) is 6.20 Å². The average molecular weight is 258 g/mol. The normalized spacial score (nSPS) is 20.1. The molecule has 1 aliphatic rings. The summed E-state index contributed by atoms with van der Waals surface area (Å²) >= 11 is 0. The van der Waals surface area contributed by atoms with Crippen molar-refractivity contribution < 1.29 is 4.79 Å². The van der Waals surface area contributed by atoms with E-state index in [1.165, 1.54) is 12.8 Å². The van der Waals surface area contributed by atoms with Crippen LogP contribution in [0.2, 0.25) is 0 Å². The number of fused-ring (bicyclic) bond motifs is 1. The van der Waals surface area contributed by atoms with Crippen molar-refractivity contribution in [3.8, 4) is 0 Å². The van der Waals surface area contributed by atoms with Gasteiger partial charge in [0.05, 0.1) is 11.7 Å². The number of benzene rings is 1. The molecule has 1 aromatic heterocycles. The molecule has 1 saturated heterocycles. The quantitative estimate of drug-likeness (QED) is 0.763. The predicted molar refractivity (Wildman–Crippen MR) is 74.1 cm³/mol. The van der Waals surface area contributed by atoms with Gasteiger partial charge in [0.1, 0.15) is 0 Å². The summed E-state index contributed by atoms with van der Waals surface area (Å²) in [6, 6.07) is 5.83. The lowest BCUT2D eigenvalue weighted by Gasteiger charge is -2.16. The highest BCUT2D eigenvalue weighted by Gasteiger charge is 2.15. The van der Waals surface area contributed by atoms with Crippen LogP contribution in [0.15, 0.2) is 24.4 Å². The third kappa shape index (κ3) is 2.76.